The highest BCUT2D eigenvalue weighted by atomic mass is 16.5. The van der Waals surface area contributed by atoms with E-state index in [1.807, 2.05) is 29.2 Å². The molecule has 1 saturated heterocycles. The van der Waals surface area contributed by atoms with E-state index in [1.54, 1.807) is 0 Å². The molecule has 2 aliphatic rings. The Balaban J connectivity index is 1.84. The van der Waals surface area contributed by atoms with Crippen molar-refractivity contribution < 1.29 is 9.53 Å². The molecule has 1 amide bonds. The topological polar surface area (TPSA) is 41.6 Å². The van der Waals surface area contributed by atoms with Gasteiger partial charge in [0.05, 0.1) is 12.3 Å². The van der Waals surface area contributed by atoms with E-state index in [1.165, 1.54) is 0 Å². The number of nitrogens with one attached hydrogen (secondary N) is 1. The van der Waals surface area contributed by atoms with Gasteiger partial charge in [-0.25, -0.2) is 0 Å². The van der Waals surface area contributed by atoms with Crippen LogP contribution < -0.4 is 15.0 Å². The number of anilines is 1. The lowest BCUT2D eigenvalue weighted by Crippen LogP contribution is -2.41. The monoisotopic (exact) mass is 260 g/mol. The molecule has 2 heterocycles. The molecular weight excluding hydrogens is 240 g/mol. The van der Waals surface area contributed by atoms with E-state index < -0.39 is 0 Å². The lowest BCUT2D eigenvalue weighted by molar-refractivity contribution is -0.123. The largest absolute Gasteiger partial charge is 0.491 e. The Bertz CT molecular complexity index is 455. The number of benzene rings is 1. The normalized spacial score (nSPS) is 20.3. The van der Waals surface area contributed by atoms with E-state index in [0.717, 1.165) is 50.3 Å². The number of ether oxygens (including phenoxy) is 1. The van der Waals surface area contributed by atoms with Crippen molar-refractivity contribution in [3.63, 3.8) is 0 Å². The van der Waals surface area contributed by atoms with Gasteiger partial charge in [0.1, 0.15) is 5.75 Å². The molecule has 1 aromatic carbocycles. The molecular formula is C15H20N2O2. The van der Waals surface area contributed by atoms with Crippen LogP contribution in [0.5, 0.6) is 5.75 Å². The zero-order chi connectivity index (χ0) is 13.1. The molecule has 1 aromatic rings. The summed E-state index contributed by atoms with van der Waals surface area (Å²) in [6.45, 7) is 3.34. The maximum atomic E-state index is 12.7. The van der Waals surface area contributed by atoms with Crippen molar-refractivity contribution in [2.24, 2.45) is 5.92 Å². The van der Waals surface area contributed by atoms with E-state index in [9.17, 15) is 4.79 Å². The molecule has 0 bridgehead atoms. The highest BCUT2D eigenvalue weighted by Gasteiger charge is 2.29. The zero-order valence-corrected chi connectivity index (χ0v) is 11.1. The molecule has 0 atom stereocenters. The Morgan fingerprint density at radius 2 is 2.05 bits per heavy atom. The lowest BCUT2D eigenvalue weighted by Gasteiger charge is -2.29. The SMILES string of the molecule is O=C(C1CCNCC1)N1CCCOc2ccccc21. The lowest BCUT2D eigenvalue weighted by atomic mass is 9.96. The molecule has 2 aliphatic heterocycles. The van der Waals surface area contributed by atoms with E-state index in [2.05, 4.69) is 5.32 Å². The molecule has 102 valence electrons. The molecule has 3 rings (SSSR count). The second-order valence-electron chi connectivity index (χ2n) is 5.18. The van der Waals surface area contributed by atoms with Gasteiger partial charge in [0.15, 0.2) is 0 Å². The van der Waals surface area contributed by atoms with Crippen molar-refractivity contribution in [2.75, 3.05) is 31.1 Å². The number of rotatable bonds is 1. The Morgan fingerprint density at radius 1 is 1.26 bits per heavy atom. The molecule has 0 spiro atoms. The molecule has 19 heavy (non-hydrogen) atoms. The summed E-state index contributed by atoms with van der Waals surface area (Å²) in [5.41, 5.74) is 0.934. The van der Waals surface area contributed by atoms with Gasteiger partial charge in [-0.1, -0.05) is 12.1 Å². The van der Waals surface area contributed by atoms with Crippen molar-refractivity contribution >= 4 is 11.6 Å². The van der Waals surface area contributed by atoms with Gasteiger partial charge >= 0.3 is 0 Å². The number of nitrogens with zero attached hydrogens (tertiary/aromatic N) is 1. The third kappa shape index (κ3) is 2.59. The van der Waals surface area contributed by atoms with E-state index in [-0.39, 0.29) is 11.8 Å². The average molecular weight is 260 g/mol. The Labute approximate surface area is 113 Å². The predicted octanol–water partition coefficient (Wildman–Crippen LogP) is 1.80. The van der Waals surface area contributed by atoms with Gasteiger partial charge in [0, 0.05) is 12.5 Å². The molecule has 0 aromatic heterocycles. The summed E-state index contributed by atoms with van der Waals surface area (Å²) >= 11 is 0. The van der Waals surface area contributed by atoms with Crippen LogP contribution in [0.2, 0.25) is 0 Å². The van der Waals surface area contributed by atoms with Gasteiger partial charge in [-0.15, -0.1) is 0 Å². The number of para-hydroxylation sites is 2. The summed E-state index contributed by atoms with van der Waals surface area (Å²) in [6, 6.07) is 7.86. The third-order valence-corrected chi connectivity index (χ3v) is 3.89. The fraction of sp³-hybridized carbons (Fsp3) is 0.533. The van der Waals surface area contributed by atoms with E-state index in [0.29, 0.717) is 6.61 Å². The molecule has 0 radical (unpaired) electrons. The first-order valence-corrected chi connectivity index (χ1v) is 7.10. The van der Waals surface area contributed by atoms with Crippen LogP contribution >= 0.6 is 0 Å². The summed E-state index contributed by atoms with van der Waals surface area (Å²) in [6.07, 6.45) is 2.78. The smallest absolute Gasteiger partial charge is 0.230 e. The van der Waals surface area contributed by atoms with E-state index in [4.69, 9.17) is 4.74 Å². The van der Waals surface area contributed by atoms with Gasteiger partial charge in [-0.2, -0.15) is 0 Å². The van der Waals surface area contributed by atoms with Crippen LogP contribution in [0.15, 0.2) is 24.3 Å². The summed E-state index contributed by atoms with van der Waals surface area (Å²) in [5, 5.41) is 3.31. The maximum absolute atomic E-state index is 12.7. The number of hydrogen-bond donors (Lipinski definition) is 1. The van der Waals surface area contributed by atoms with Crippen molar-refractivity contribution in [2.45, 2.75) is 19.3 Å². The quantitative estimate of drug-likeness (QED) is 0.837. The Morgan fingerprint density at radius 3 is 2.89 bits per heavy atom. The van der Waals surface area contributed by atoms with Gasteiger partial charge in [0.2, 0.25) is 5.91 Å². The second kappa shape index (κ2) is 5.61. The van der Waals surface area contributed by atoms with Gasteiger partial charge < -0.3 is 15.0 Å². The van der Waals surface area contributed by atoms with Crippen LogP contribution in [0.1, 0.15) is 19.3 Å². The number of carbonyl (C=O) groups is 1. The van der Waals surface area contributed by atoms with Gasteiger partial charge in [0.25, 0.3) is 0 Å². The van der Waals surface area contributed by atoms with Crippen molar-refractivity contribution in [3.05, 3.63) is 24.3 Å². The number of amides is 1. The fourth-order valence-corrected chi connectivity index (χ4v) is 2.85. The van der Waals surface area contributed by atoms with Gasteiger partial charge in [-0.3, -0.25) is 4.79 Å². The Hall–Kier alpha value is -1.55. The summed E-state index contributed by atoms with van der Waals surface area (Å²) in [5.74, 6) is 1.26. The summed E-state index contributed by atoms with van der Waals surface area (Å²) in [4.78, 5) is 14.6. The minimum absolute atomic E-state index is 0.160. The number of piperidine rings is 1. The maximum Gasteiger partial charge on any atom is 0.230 e. The average Bonchev–Trinajstić information content (AvgIpc) is 2.70. The molecule has 1 N–H and O–H groups in total. The fourth-order valence-electron chi connectivity index (χ4n) is 2.85. The van der Waals surface area contributed by atoms with E-state index >= 15 is 0 Å². The van der Waals surface area contributed by atoms with Crippen LogP contribution in [-0.4, -0.2) is 32.1 Å². The van der Waals surface area contributed by atoms with Crippen LogP contribution in [0, 0.1) is 5.92 Å². The first-order chi connectivity index (χ1) is 9.36. The molecule has 4 heteroatoms. The summed E-state index contributed by atoms with van der Waals surface area (Å²) < 4.78 is 5.71. The predicted molar refractivity (Wildman–Crippen MR) is 74.5 cm³/mol. The van der Waals surface area contributed by atoms with Crippen LogP contribution in [0.4, 0.5) is 5.69 Å². The third-order valence-electron chi connectivity index (χ3n) is 3.89. The molecule has 0 unspecified atom stereocenters. The van der Waals surface area contributed by atoms with Crippen molar-refractivity contribution in [1.82, 2.24) is 5.32 Å². The Kier molecular flexibility index (Phi) is 3.69. The first kappa shape index (κ1) is 12.5. The number of hydrogen-bond acceptors (Lipinski definition) is 3. The van der Waals surface area contributed by atoms with Crippen molar-refractivity contribution in [1.29, 1.82) is 0 Å². The number of carbonyl (C=O) groups excluding carboxylic acids is 1. The first-order valence-electron chi connectivity index (χ1n) is 7.10. The highest BCUT2D eigenvalue weighted by molar-refractivity contribution is 5.96. The standard InChI is InChI=1S/C15H20N2O2/c18-15(12-6-8-16-9-7-12)17-10-3-11-19-14-5-2-1-4-13(14)17/h1-2,4-5,12,16H,3,6-11H2. The zero-order valence-electron chi connectivity index (χ0n) is 11.1. The van der Waals surface area contributed by atoms with Gasteiger partial charge in [-0.05, 0) is 44.5 Å². The highest BCUT2D eigenvalue weighted by Crippen LogP contribution is 2.32. The number of fused-ring (bicyclic) bond motifs is 1. The van der Waals surface area contributed by atoms with Crippen molar-refractivity contribution in [3.8, 4) is 5.75 Å². The van der Waals surface area contributed by atoms with Crippen LogP contribution in [0.25, 0.3) is 0 Å². The molecule has 1 fully saturated rings. The minimum atomic E-state index is 0.160. The van der Waals surface area contributed by atoms with Crippen LogP contribution in [-0.2, 0) is 4.79 Å². The summed E-state index contributed by atoms with van der Waals surface area (Å²) in [7, 11) is 0. The molecule has 0 aliphatic carbocycles. The molecule has 4 nitrogen and oxygen atoms in total. The molecule has 0 saturated carbocycles. The second-order valence-corrected chi connectivity index (χ2v) is 5.18. The van der Waals surface area contributed by atoms with Crippen LogP contribution in [0.3, 0.4) is 0 Å². The minimum Gasteiger partial charge on any atom is -0.491 e.